The normalized spacial score (nSPS) is 33.2. The summed E-state index contributed by atoms with van der Waals surface area (Å²) in [5.74, 6) is -0.655. The van der Waals surface area contributed by atoms with Gasteiger partial charge in [0.15, 0.2) is 0 Å². The van der Waals surface area contributed by atoms with E-state index in [0.717, 1.165) is 6.42 Å². The van der Waals surface area contributed by atoms with Gasteiger partial charge in [0.2, 0.25) is 0 Å². The van der Waals surface area contributed by atoms with E-state index in [1.54, 1.807) is 6.92 Å². The van der Waals surface area contributed by atoms with Gasteiger partial charge in [-0.15, -0.1) is 0 Å². The van der Waals surface area contributed by atoms with Gasteiger partial charge >= 0.3 is 5.97 Å². The van der Waals surface area contributed by atoms with Crippen molar-refractivity contribution in [2.24, 2.45) is 17.3 Å². The monoisotopic (exact) mass is 256 g/mol. The lowest BCUT2D eigenvalue weighted by atomic mass is 9.79. The van der Waals surface area contributed by atoms with Crippen LogP contribution in [0.2, 0.25) is 0 Å². The van der Waals surface area contributed by atoms with Crippen molar-refractivity contribution in [3.05, 3.63) is 0 Å². The van der Waals surface area contributed by atoms with Gasteiger partial charge in [0, 0.05) is 0 Å². The van der Waals surface area contributed by atoms with E-state index in [2.05, 4.69) is 13.8 Å². The number of aliphatic hydroxyl groups is 1. The van der Waals surface area contributed by atoms with E-state index < -0.39 is 17.1 Å². The first-order valence-electron chi connectivity index (χ1n) is 6.83. The largest absolute Gasteiger partial charge is 0.460 e. The first kappa shape index (κ1) is 15.5. The molecule has 1 rings (SSSR count). The van der Waals surface area contributed by atoms with E-state index in [0.29, 0.717) is 6.42 Å². The Hall–Kier alpha value is -0.570. The van der Waals surface area contributed by atoms with Gasteiger partial charge in [0.1, 0.15) is 5.60 Å². The van der Waals surface area contributed by atoms with E-state index in [1.165, 1.54) is 0 Å². The number of hydrogen-bond donors (Lipinski definition) is 1. The minimum atomic E-state index is -0.939. The summed E-state index contributed by atoms with van der Waals surface area (Å²) in [5, 5.41) is 10.8. The number of carbonyl (C=O) groups excluding carboxylic acids is 1. The second kappa shape index (κ2) is 4.52. The summed E-state index contributed by atoms with van der Waals surface area (Å²) in [6, 6.07) is 0. The molecule has 0 radical (unpaired) electrons. The molecule has 0 spiro atoms. The average Bonchev–Trinajstić information content (AvgIpc) is 2.32. The lowest BCUT2D eigenvalue weighted by molar-refractivity contribution is -0.171. The van der Waals surface area contributed by atoms with Gasteiger partial charge in [-0.1, -0.05) is 20.8 Å². The summed E-state index contributed by atoms with van der Waals surface area (Å²) in [4.78, 5) is 12.1. The maximum absolute atomic E-state index is 12.1. The molecule has 3 heteroatoms. The molecule has 3 unspecified atom stereocenters. The number of ether oxygens (including phenoxy) is 1. The standard InChI is InChI=1S/C15H28O3/c1-10-8-14(6,7)9-15(10,17)11(2)12(16)18-13(3,4)5/h10-11,17H,8-9H2,1-7H3. The topological polar surface area (TPSA) is 46.5 Å². The molecule has 3 atom stereocenters. The molecule has 1 N–H and O–H groups in total. The molecule has 1 aliphatic carbocycles. The third kappa shape index (κ3) is 3.25. The van der Waals surface area contributed by atoms with Crippen molar-refractivity contribution in [2.45, 2.75) is 72.5 Å². The third-order valence-corrected chi connectivity index (χ3v) is 3.98. The summed E-state index contributed by atoms with van der Waals surface area (Å²) in [7, 11) is 0. The lowest BCUT2D eigenvalue weighted by Gasteiger charge is -2.35. The van der Waals surface area contributed by atoms with Gasteiger partial charge in [-0.3, -0.25) is 4.79 Å². The van der Waals surface area contributed by atoms with Crippen molar-refractivity contribution in [1.82, 2.24) is 0 Å². The van der Waals surface area contributed by atoms with Crippen molar-refractivity contribution < 1.29 is 14.6 Å². The second-order valence-corrected chi connectivity index (χ2v) is 7.69. The highest BCUT2D eigenvalue weighted by atomic mass is 16.6. The van der Waals surface area contributed by atoms with Crippen LogP contribution in [0.4, 0.5) is 0 Å². The van der Waals surface area contributed by atoms with Crippen molar-refractivity contribution >= 4 is 5.97 Å². The fraction of sp³-hybridized carbons (Fsp3) is 0.933. The molecule has 1 saturated carbocycles. The molecule has 1 fully saturated rings. The van der Waals surface area contributed by atoms with Crippen molar-refractivity contribution in [2.75, 3.05) is 0 Å². The molecule has 0 saturated heterocycles. The molecule has 18 heavy (non-hydrogen) atoms. The van der Waals surface area contributed by atoms with Crippen LogP contribution in [0.1, 0.15) is 61.3 Å². The van der Waals surface area contributed by atoms with Crippen molar-refractivity contribution in [3.8, 4) is 0 Å². The minimum Gasteiger partial charge on any atom is -0.460 e. The molecule has 0 heterocycles. The zero-order chi connectivity index (χ0) is 14.4. The van der Waals surface area contributed by atoms with Gasteiger partial charge in [-0.05, 0) is 51.9 Å². The van der Waals surface area contributed by atoms with Crippen molar-refractivity contribution in [1.29, 1.82) is 0 Å². The van der Waals surface area contributed by atoms with Gasteiger partial charge in [0.05, 0.1) is 11.5 Å². The maximum Gasteiger partial charge on any atom is 0.312 e. The second-order valence-electron chi connectivity index (χ2n) is 7.69. The molecule has 3 nitrogen and oxygen atoms in total. The Balaban J connectivity index is 2.83. The molecule has 0 aromatic rings. The predicted octanol–water partition coefficient (Wildman–Crippen LogP) is 3.15. The van der Waals surface area contributed by atoms with Gasteiger partial charge < -0.3 is 9.84 Å². The Bertz CT molecular complexity index is 327. The van der Waals surface area contributed by atoms with Crippen LogP contribution >= 0.6 is 0 Å². The Morgan fingerprint density at radius 3 is 2.22 bits per heavy atom. The number of esters is 1. The van der Waals surface area contributed by atoms with Crippen LogP contribution in [-0.2, 0) is 9.53 Å². The summed E-state index contributed by atoms with van der Waals surface area (Å²) in [5.41, 5.74) is -1.35. The molecule has 0 aliphatic heterocycles. The van der Waals surface area contributed by atoms with E-state index in [-0.39, 0.29) is 17.3 Å². The van der Waals surface area contributed by atoms with Crippen LogP contribution in [0.5, 0.6) is 0 Å². The predicted molar refractivity (Wildman–Crippen MR) is 72.1 cm³/mol. The quantitative estimate of drug-likeness (QED) is 0.772. The first-order chi connectivity index (χ1) is 7.87. The molecule has 0 amide bonds. The number of carbonyl (C=O) groups is 1. The molecule has 0 aromatic carbocycles. The van der Waals surface area contributed by atoms with E-state index in [9.17, 15) is 9.90 Å². The molecule has 0 bridgehead atoms. The molecule has 106 valence electrons. The maximum atomic E-state index is 12.1. The van der Waals surface area contributed by atoms with Gasteiger partial charge in [-0.2, -0.15) is 0 Å². The number of hydrogen-bond acceptors (Lipinski definition) is 3. The highest BCUT2D eigenvalue weighted by Gasteiger charge is 2.53. The summed E-state index contributed by atoms with van der Waals surface area (Å²) in [6.45, 7) is 13.6. The van der Waals surface area contributed by atoms with Crippen molar-refractivity contribution in [3.63, 3.8) is 0 Å². The molecule has 1 aliphatic rings. The summed E-state index contributed by atoms with van der Waals surface area (Å²) >= 11 is 0. The first-order valence-corrected chi connectivity index (χ1v) is 6.83. The smallest absolute Gasteiger partial charge is 0.312 e. The average molecular weight is 256 g/mol. The Labute approximate surface area is 111 Å². The van der Waals surface area contributed by atoms with Gasteiger partial charge in [-0.25, -0.2) is 0 Å². The summed E-state index contributed by atoms with van der Waals surface area (Å²) < 4.78 is 5.39. The molecule has 0 aromatic heterocycles. The number of rotatable bonds is 2. The fourth-order valence-electron chi connectivity index (χ4n) is 3.19. The SMILES string of the molecule is CC1CC(C)(C)CC1(O)C(C)C(=O)OC(C)(C)C. The fourth-order valence-corrected chi connectivity index (χ4v) is 3.19. The summed E-state index contributed by atoms with van der Waals surface area (Å²) in [6.07, 6.45) is 1.60. The molecular weight excluding hydrogens is 228 g/mol. The van der Waals surface area contributed by atoms with E-state index in [4.69, 9.17) is 4.74 Å². The zero-order valence-corrected chi connectivity index (χ0v) is 12.8. The third-order valence-electron chi connectivity index (χ3n) is 3.98. The van der Waals surface area contributed by atoms with Crippen LogP contribution in [0.3, 0.4) is 0 Å². The van der Waals surface area contributed by atoms with Crippen LogP contribution in [0.25, 0.3) is 0 Å². The minimum absolute atomic E-state index is 0.0877. The highest BCUT2D eigenvalue weighted by molar-refractivity contribution is 5.74. The van der Waals surface area contributed by atoms with E-state index in [1.807, 2.05) is 27.7 Å². The van der Waals surface area contributed by atoms with Crippen LogP contribution < -0.4 is 0 Å². The lowest BCUT2D eigenvalue weighted by Crippen LogP contribution is -2.45. The van der Waals surface area contributed by atoms with Crippen LogP contribution in [0.15, 0.2) is 0 Å². The Morgan fingerprint density at radius 1 is 1.39 bits per heavy atom. The Morgan fingerprint density at radius 2 is 1.89 bits per heavy atom. The zero-order valence-electron chi connectivity index (χ0n) is 12.8. The van der Waals surface area contributed by atoms with Gasteiger partial charge in [0.25, 0.3) is 0 Å². The van der Waals surface area contributed by atoms with E-state index >= 15 is 0 Å². The Kier molecular flexibility index (Phi) is 3.89. The molecular formula is C15H28O3. The highest BCUT2D eigenvalue weighted by Crippen LogP contribution is 2.50. The van der Waals surface area contributed by atoms with Crippen LogP contribution in [0, 0.1) is 17.3 Å². The van der Waals surface area contributed by atoms with Crippen LogP contribution in [-0.4, -0.2) is 22.3 Å².